The van der Waals surface area contributed by atoms with Gasteiger partial charge in [0.1, 0.15) is 11.6 Å². The van der Waals surface area contributed by atoms with Gasteiger partial charge in [0.25, 0.3) is 0 Å². The molecule has 0 aliphatic rings. The van der Waals surface area contributed by atoms with Crippen LogP contribution in [0.5, 0.6) is 0 Å². The maximum Gasteiger partial charge on any atom is 0.131 e. The van der Waals surface area contributed by atoms with E-state index in [2.05, 4.69) is 0 Å². The molecule has 0 radical (unpaired) electrons. The summed E-state index contributed by atoms with van der Waals surface area (Å²) in [4.78, 5) is 0. The van der Waals surface area contributed by atoms with Crippen LogP contribution in [0.4, 0.5) is 8.78 Å². The second-order valence-corrected chi connectivity index (χ2v) is 3.42. The average Bonchev–Trinajstić information content (AvgIpc) is 2.61. The molecule has 0 aliphatic carbocycles. The number of benzene rings is 1. The summed E-state index contributed by atoms with van der Waals surface area (Å²) in [7, 11) is 0. The number of rotatable bonds is 1. The molecule has 1 aromatic heterocycles. The molecule has 0 bridgehead atoms. The highest BCUT2D eigenvalue weighted by atomic mass is 32.1. The molecule has 0 saturated carbocycles. The van der Waals surface area contributed by atoms with Gasteiger partial charge in [0.2, 0.25) is 0 Å². The van der Waals surface area contributed by atoms with E-state index >= 15 is 0 Å². The summed E-state index contributed by atoms with van der Waals surface area (Å²) >= 11 is 1.46. The molecule has 13 heavy (non-hydrogen) atoms. The van der Waals surface area contributed by atoms with Crippen LogP contribution in [0.15, 0.2) is 35.0 Å². The minimum Gasteiger partial charge on any atom is -0.207 e. The van der Waals surface area contributed by atoms with Crippen molar-refractivity contribution >= 4 is 11.3 Å². The lowest BCUT2D eigenvalue weighted by atomic mass is 10.1. The van der Waals surface area contributed by atoms with Crippen molar-refractivity contribution < 1.29 is 8.78 Å². The maximum absolute atomic E-state index is 13.2. The summed E-state index contributed by atoms with van der Waals surface area (Å²) in [5.41, 5.74) is 1.04. The zero-order valence-electron chi connectivity index (χ0n) is 6.63. The Balaban J connectivity index is 2.57. The van der Waals surface area contributed by atoms with Gasteiger partial charge in [-0.25, -0.2) is 8.78 Å². The summed E-state index contributed by atoms with van der Waals surface area (Å²) in [6.07, 6.45) is 0. The first-order valence-electron chi connectivity index (χ1n) is 3.75. The Bertz CT molecular complexity index is 407. The van der Waals surface area contributed by atoms with Gasteiger partial charge in [0, 0.05) is 5.56 Å². The maximum atomic E-state index is 13.2. The molecule has 0 spiro atoms. The SMILES string of the molecule is Fc1ccc(F)c(-c2ccsc2)c1. The molecule has 1 heterocycles. The quantitative estimate of drug-likeness (QED) is 0.652. The van der Waals surface area contributed by atoms with Gasteiger partial charge < -0.3 is 0 Å². The number of thiophene rings is 1. The predicted octanol–water partition coefficient (Wildman–Crippen LogP) is 3.69. The Kier molecular flexibility index (Phi) is 2.10. The van der Waals surface area contributed by atoms with Crippen molar-refractivity contribution in [2.75, 3.05) is 0 Å². The van der Waals surface area contributed by atoms with Crippen LogP contribution < -0.4 is 0 Å². The summed E-state index contributed by atoms with van der Waals surface area (Å²) in [5, 5.41) is 3.62. The van der Waals surface area contributed by atoms with E-state index in [1.807, 2.05) is 5.38 Å². The van der Waals surface area contributed by atoms with E-state index in [0.717, 1.165) is 17.7 Å². The Morgan fingerprint density at radius 3 is 2.62 bits per heavy atom. The van der Waals surface area contributed by atoms with Crippen LogP contribution in [0.2, 0.25) is 0 Å². The van der Waals surface area contributed by atoms with Crippen molar-refractivity contribution in [3.63, 3.8) is 0 Å². The lowest BCUT2D eigenvalue weighted by Gasteiger charge is -1.99. The Hall–Kier alpha value is -1.22. The fourth-order valence-electron chi connectivity index (χ4n) is 1.14. The minimum absolute atomic E-state index is 0.321. The molecule has 2 aromatic rings. The topological polar surface area (TPSA) is 0 Å². The third-order valence-corrected chi connectivity index (χ3v) is 2.44. The van der Waals surface area contributed by atoms with Crippen LogP contribution in [-0.2, 0) is 0 Å². The third kappa shape index (κ3) is 1.60. The van der Waals surface area contributed by atoms with Crippen molar-refractivity contribution in [3.05, 3.63) is 46.7 Å². The summed E-state index contributed by atoms with van der Waals surface area (Å²) in [5.74, 6) is -0.803. The monoisotopic (exact) mass is 196 g/mol. The standard InChI is InChI=1S/C10H6F2S/c11-8-1-2-10(12)9(5-8)7-3-4-13-6-7/h1-6H. The van der Waals surface area contributed by atoms with Gasteiger partial charge >= 0.3 is 0 Å². The second-order valence-electron chi connectivity index (χ2n) is 2.64. The fourth-order valence-corrected chi connectivity index (χ4v) is 1.79. The van der Waals surface area contributed by atoms with E-state index in [4.69, 9.17) is 0 Å². The van der Waals surface area contributed by atoms with E-state index < -0.39 is 5.82 Å². The predicted molar refractivity (Wildman–Crippen MR) is 49.7 cm³/mol. The van der Waals surface area contributed by atoms with E-state index in [1.54, 1.807) is 11.4 Å². The lowest BCUT2D eigenvalue weighted by molar-refractivity contribution is 0.603. The molecule has 0 atom stereocenters. The van der Waals surface area contributed by atoms with Gasteiger partial charge in [-0.15, -0.1) is 0 Å². The smallest absolute Gasteiger partial charge is 0.131 e. The van der Waals surface area contributed by atoms with E-state index in [-0.39, 0.29) is 5.82 Å². The highest BCUT2D eigenvalue weighted by Gasteiger charge is 2.05. The minimum atomic E-state index is -0.414. The summed E-state index contributed by atoms with van der Waals surface area (Å²) in [6, 6.07) is 5.23. The average molecular weight is 196 g/mol. The lowest BCUT2D eigenvalue weighted by Crippen LogP contribution is -1.83. The van der Waals surface area contributed by atoms with Crippen molar-refractivity contribution in [2.24, 2.45) is 0 Å². The van der Waals surface area contributed by atoms with Crippen molar-refractivity contribution in [3.8, 4) is 11.1 Å². The highest BCUT2D eigenvalue weighted by Crippen LogP contribution is 2.25. The largest absolute Gasteiger partial charge is 0.207 e. The molecule has 0 saturated heterocycles. The van der Waals surface area contributed by atoms with Crippen LogP contribution in [0, 0.1) is 11.6 Å². The Morgan fingerprint density at radius 2 is 1.92 bits per heavy atom. The van der Waals surface area contributed by atoms with Crippen molar-refractivity contribution in [1.29, 1.82) is 0 Å². The number of hydrogen-bond donors (Lipinski definition) is 0. The van der Waals surface area contributed by atoms with Crippen LogP contribution in [0.1, 0.15) is 0 Å². The molecular weight excluding hydrogens is 190 g/mol. The molecule has 0 aliphatic heterocycles. The number of halogens is 2. The zero-order chi connectivity index (χ0) is 9.26. The van der Waals surface area contributed by atoms with Gasteiger partial charge in [-0.1, -0.05) is 0 Å². The van der Waals surface area contributed by atoms with Gasteiger partial charge in [-0.2, -0.15) is 11.3 Å². The summed E-state index contributed by atoms with van der Waals surface area (Å²) < 4.78 is 25.9. The molecule has 0 amide bonds. The van der Waals surface area contributed by atoms with Crippen LogP contribution in [0.3, 0.4) is 0 Å². The van der Waals surface area contributed by atoms with Crippen molar-refractivity contribution in [1.82, 2.24) is 0 Å². The van der Waals surface area contributed by atoms with E-state index in [0.29, 0.717) is 5.56 Å². The summed E-state index contributed by atoms with van der Waals surface area (Å²) in [6.45, 7) is 0. The first-order valence-corrected chi connectivity index (χ1v) is 4.69. The molecule has 1 aromatic carbocycles. The van der Waals surface area contributed by atoms with Gasteiger partial charge in [-0.3, -0.25) is 0 Å². The molecule has 66 valence electrons. The van der Waals surface area contributed by atoms with E-state index in [9.17, 15) is 8.78 Å². The first kappa shape index (κ1) is 8.38. The highest BCUT2D eigenvalue weighted by molar-refractivity contribution is 7.08. The molecule has 0 N–H and O–H groups in total. The second kappa shape index (κ2) is 3.26. The van der Waals surface area contributed by atoms with Gasteiger partial charge in [0.15, 0.2) is 0 Å². The Morgan fingerprint density at radius 1 is 1.08 bits per heavy atom. The van der Waals surface area contributed by atoms with Crippen molar-refractivity contribution in [2.45, 2.75) is 0 Å². The van der Waals surface area contributed by atoms with Crippen LogP contribution in [-0.4, -0.2) is 0 Å². The third-order valence-electron chi connectivity index (χ3n) is 1.76. The van der Waals surface area contributed by atoms with Gasteiger partial charge in [0.05, 0.1) is 0 Å². The Labute approximate surface area is 78.5 Å². The normalized spacial score (nSPS) is 10.3. The molecule has 0 nitrogen and oxygen atoms in total. The molecule has 0 unspecified atom stereocenters. The molecule has 3 heteroatoms. The van der Waals surface area contributed by atoms with Crippen LogP contribution >= 0.6 is 11.3 Å². The molecular formula is C10H6F2S. The fraction of sp³-hybridized carbons (Fsp3) is 0. The molecule has 2 rings (SSSR count). The van der Waals surface area contributed by atoms with Crippen LogP contribution in [0.25, 0.3) is 11.1 Å². The first-order chi connectivity index (χ1) is 6.27. The zero-order valence-corrected chi connectivity index (χ0v) is 7.44. The molecule has 0 fully saturated rings. The van der Waals surface area contributed by atoms with Gasteiger partial charge in [-0.05, 0) is 40.6 Å². The number of hydrogen-bond acceptors (Lipinski definition) is 1. The van der Waals surface area contributed by atoms with E-state index in [1.165, 1.54) is 17.4 Å².